The lowest BCUT2D eigenvalue weighted by molar-refractivity contribution is -0.144. The highest BCUT2D eigenvalue weighted by atomic mass is 32.1. The Morgan fingerprint density at radius 3 is 2.23 bits per heavy atom. The summed E-state index contributed by atoms with van der Waals surface area (Å²) in [5.41, 5.74) is 4.85. The summed E-state index contributed by atoms with van der Waals surface area (Å²) in [6.07, 6.45) is 18.0. The van der Waals surface area contributed by atoms with E-state index in [2.05, 4.69) is 82.5 Å². The highest BCUT2D eigenvalue weighted by Gasteiger charge is 2.31. The largest absolute Gasteiger partial charge is 0.497 e. The minimum Gasteiger partial charge on any atom is -0.497 e. The second-order valence-corrected chi connectivity index (χ2v) is 19.2. The SMILES string of the molecule is C=C(OC)c1ccc(OC)cc1N=C(C)c1csc(NC(C)C)n1.CC.CCCCC/C=C\C(C)CNC.CN(C)c1ccc(C(=O)C(NC(=O)NCC=O)C2CCCCC2)cc1.CN1CCC[C@H]1COF.O=CO. The molecule has 2 heterocycles. The maximum Gasteiger partial charge on any atom is 0.315 e. The predicted octanol–water partition coefficient (Wildman–Crippen LogP) is 11.8. The topological polar surface area (TPSA) is 196 Å². The number of aliphatic imine (C=N–C) groups is 1. The summed E-state index contributed by atoms with van der Waals surface area (Å²) in [6.45, 7) is 20.6. The van der Waals surface area contributed by atoms with Gasteiger partial charge in [-0.2, -0.15) is 4.94 Å². The molecule has 1 saturated carbocycles. The van der Waals surface area contributed by atoms with Crippen LogP contribution in [0.5, 0.6) is 5.75 Å². The van der Waals surface area contributed by atoms with E-state index in [1.54, 1.807) is 37.7 Å². The maximum atomic E-state index is 13.0. The molecule has 2 aromatic carbocycles. The fraction of sp³-hybridized carbons (Fsp3) is 0.579. The van der Waals surface area contributed by atoms with Crippen LogP contribution in [0.15, 0.2) is 71.6 Å². The van der Waals surface area contributed by atoms with Gasteiger partial charge in [0.2, 0.25) is 0 Å². The molecule has 5 rings (SSSR count). The second kappa shape index (κ2) is 42.5. The molecule has 2 fully saturated rings. The summed E-state index contributed by atoms with van der Waals surface area (Å²) in [7, 11) is 11.1. The van der Waals surface area contributed by atoms with E-state index in [0.717, 1.165) is 84.4 Å². The number of Topliss-reactive ketones (excluding diaryl/α,β-unsaturated/α-hetero) is 1. The zero-order chi connectivity index (χ0) is 56.6. The summed E-state index contributed by atoms with van der Waals surface area (Å²) < 4.78 is 21.8. The van der Waals surface area contributed by atoms with Gasteiger partial charge in [-0.1, -0.05) is 78.5 Å². The molecular formula is C57H93FN8O8S. The van der Waals surface area contributed by atoms with Gasteiger partial charge in [-0.05, 0) is 133 Å². The van der Waals surface area contributed by atoms with Gasteiger partial charge in [0.1, 0.15) is 24.4 Å². The summed E-state index contributed by atoms with van der Waals surface area (Å²) >= 11 is 1.57. The molecule has 2 unspecified atom stereocenters. The molecule has 1 saturated heterocycles. The number of ketones is 1. The minimum atomic E-state index is -0.558. The van der Waals surface area contributed by atoms with E-state index in [9.17, 15) is 18.9 Å². The summed E-state index contributed by atoms with van der Waals surface area (Å²) in [4.78, 5) is 60.7. The Morgan fingerprint density at radius 1 is 1.03 bits per heavy atom. The van der Waals surface area contributed by atoms with Crippen LogP contribution in [0, 0.1) is 11.8 Å². The van der Waals surface area contributed by atoms with Crippen molar-refractivity contribution in [3.05, 3.63) is 83.4 Å². The Hall–Kier alpha value is -5.69. The van der Waals surface area contributed by atoms with E-state index in [0.29, 0.717) is 35.6 Å². The predicted molar refractivity (Wildman–Crippen MR) is 309 cm³/mol. The number of likely N-dealkylation sites (N-methyl/N-ethyl adjacent to an activating group) is 1. The number of halogens is 1. The van der Waals surface area contributed by atoms with E-state index in [1.165, 1.54) is 38.5 Å². The van der Waals surface area contributed by atoms with Crippen molar-refractivity contribution in [2.75, 3.05) is 78.9 Å². The lowest BCUT2D eigenvalue weighted by Crippen LogP contribution is -2.50. The number of carbonyl (C=O) groups is 4. The maximum absolute atomic E-state index is 13.0. The summed E-state index contributed by atoms with van der Waals surface area (Å²) in [5, 5.41) is 21.5. The van der Waals surface area contributed by atoms with E-state index in [1.807, 2.05) is 89.6 Å². The molecule has 2 amide bonds. The van der Waals surface area contributed by atoms with Gasteiger partial charge in [-0.25, -0.2) is 9.78 Å². The summed E-state index contributed by atoms with van der Waals surface area (Å²) in [6, 6.07) is 12.7. The van der Waals surface area contributed by atoms with Gasteiger partial charge >= 0.3 is 6.03 Å². The molecule has 3 atom stereocenters. The molecular weight excluding hydrogens is 976 g/mol. The average Bonchev–Trinajstić information content (AvgIpc) is 4.06. The van der Waals surface area contributed by atoms with Crippen LogP contribution < -0.4 is 30.9 Å². The number of allylic oxidation sites excluding steroid dienone is 1. The third-order valence-electron chi connectivity index (χ3n) is 11.9. The molecule has 0 radical (unpaired) electrons. The first-order chi connectivity index (χ1) is 36.0. The second-order valence-electron chi connectivity index (χ2n) is 18.4. The number of carbonyl (C=O) groups excluding carboxylic acids is 3. The monoisotopic (exact) mass is 1070 g/mol. The molecule has 2 aliphatic rings. The Labute approximate surface area is 453 Å². The Balaban J connectivity index is 0.00000101. The lowest BCUT2D eigenvalue weighted by atomic mass is 9.81. The number of hydrogen-bond acceptors (Lipinski definition) is 14. The smallest absolute Gasteiger partial charge is 0.315 e. The number of nitrogens with zero attached hydrogens (tertiary/aromatic N) is 4. The number of methoxy groups -OCH3 is 2. The van der Waals surface area contributed by atoms with E-state index < -0.39 is 12.1 Å². The zero-order valence-corrected chi connectivity index (χ0v) is 48.3. The van der Waals surface area contributed by atoms with Gasteiger partial charge < -0.3 is 50.4 Å². The Morgan fingerprint density at radius 2 is 1.69 bits per heavy atom. The van der Waals surface area contributed by atoms with Crippen LogP contribution in [0.4, 0.5) is 25.8 Å². The molecule has 1 aromatic heterocycles. The highest BCUT2D eigenvalue weighted by Crippen LogP contribution is 2.32. The van der Waals surface area contributed by atoms with Gasteiger partial charge in [0.15, 0.2) is 10.9 Å². The van der Waals surface area contributed by atoms with Crippen LogP contribution in [0.25, 0.3) is 5.76 Å². The van der Waals surface area contributed by atoms with Gasteiger partial charge in [-0.3, -0.25) is 14.6 Å². The molecule has 1 aliphatic carbocycles. The molecule has 18 heteroatoms. The van der Waals surface area contributed by atoms with Crippen molar-refractivity contribution in [3.8, 4) is 5.75 Å². The van der Waals surface area contributed by atoms with Gasteiger partial charge in [0, 0.05) is 61.0 Å². The van der Waals surface area contributed by atoms with Crippen molar-refractivity contribution in [1.29, 1.82) is 0 Å². The van der Waals surface area contributed by atoms with Gasteiger partial charge in [-0.15, -0.1) is 11.3 Å². The number of amides is 2. The third-order valence-corrected chi connectivity index (χ3v) is 12.7. The van der Waals surface area contributed by atoms with Crippen LogP contribution in [0.2, 0.25) is 0 Å². The fourth-order valence-electron chi connectivity index (χ4n) is 7.86. The molecule has 1 aliphatic heterocycles. The van der Waals surface area contributed by atoms with E-state index in [4.69, 9.17) is 24.4 Å². The molecule has 16 nitrogen and oxygen atoms in total. The number of nitrogens with one attached hydrogen (secondary N) is 4. The van der Waals surface area contributed by atoms with Crippen molar-refractivity contribution in [2.45, 2.75) is 137 Å². The van der Waals surface area contributed by atoms with Crippen LogP contribution in [0.1, 0.15) is 141 Å². The molecule has 0 bridgehead atoms. The van der Waals surface area contributed by atoms with E-state index >= 15 is 0 Å². The van der Waals surface area contributed by atoms with Crippen molar-refractivity contribution in [2.24, 2.45) is 16.8 Å². The standard InChI is InChI=1S/C19H27N3O3.C18H23N3O2S.C11H23N.C6H12FNO.C2H6.CH2O2/c1-22(2)16-10-8-15(9-11-16)18(24)17(14-6-4-3-5-7-14)21-19(25)20-12-13-23;1-11(2)19-18-21-17(10-24-18)12(3)20-16-9-14(23-6)7-8-15(16)13(4)22-5;1-4-5-6-7-8-9-11(2)10-12-3;1-8-4-2-3-6(8)5-9-7;1-2;2-1-3/h8-11,13-14,17H,3-7,12H2,1-2H3,(H2,20,21,25);7-11H,4H2,1-3,5-6H3,(H,19,21);8-9,11-12H,4-7,10H2,1-3H3;6H,2-5H2,1H3;1-2H3;1H,(H,2,3)/b;;9-8-;;;/t;;;6-;;/m...0../s1. The van der Waals surface area contributed by atoms with Crippen LogP contribution >= 0.6 is 11.3 Å². The number of ether oxygens (including phenoxy) is 2. The van der Waals surface area contributed by atoms with Crippen LogP contribution in [-0.4, -0.2) is 132 Å². The molecule has 75 heavy (non-hydrogen) atoms. The first kappa shape index (κ1) is 69.3. The number of anilines is 2. The van der Waals surface area contributed by atoms with E-state index in [-0.39, 0.29) is 31.3 Å². The number of urea groups is 1. The first-order valence-corrected chi connectivity index (χ1v) is 27.2. The van der Waals surface area contributed by atoms with Crippen molar-refractivity contribution < 1.29 is 43.2 Å². The quantitative estimate of drug-likeness (QED) is 0.0150. The lowest BCUT2D eigenvalue weighted by Gasteiger charge is -2.30. The molecule has 3 aromatic rings. The average molecular weight is 1070 g/mol. The molecule has 0 spiro atoms. The number of aldehydes is 1. The van der Waals surface area contributed by atoms with Crippen molar-refractivity contribution in [3.63, 3.8) is 0 Å². The van der Waals surface area contributed by atoms with Crippen molar-refractivity contribution in [1.82, 2.24) is 25.8 Å². The number of rotatable bonds is 23. The Bertz CT molecular complexity index is 2080. The van der Waals surface area contributed by atoms with Gasteiger partial charge in [0.25, 0.3) is 6.47 Å². The van der Waals surface area contributed by atoms with Crippen molar-refractivity contribution >= 4 is 63.9 Å². The summed E-state index contributed by atoms with van der Waals surface area (Å²) in [5.74, 6) is 2.03. The number of likely N-dealkylation sites (tertiary alicyclic amines) is 1. The number of carboxylic acid groups (broad SMARTS) is 1. The first-order valence-electron chi connectivity index (χ1n) is 26.4. The minimum absolute atomic E-state index is 0.0606. The van der Waals surface area contributed by atoms with Gasteiger partial charge in [0.05, 0.1) is 43.9 Å². The van der Waals surface area contributed by atoms with Crippen LogP contribution in [-0.2, 0) is 19.3 Å². The Kier molecular flexibility index (Phi) is 39.3. The number of aromatic nitrogens is 1. The molecule has 422 valence electrons. The fourth-order valence-corrected chi connectivity index (χ4v) is 8.76. The molecule has 5 N–H and O–H groups in total. The number of thiazole rings is 1. The normalized spacial score (nSPS) is 15.0. The van der Waals surface area contributed by atoms with Crippen LogP contribution in [0.3, 0.4) is 0 Å². The number of unbranched alkanes of at least 4 members (excludes halogenated alkanes) is 3. The zero-order valence-electron chi connectivity index (χ0n) is 47.5. The highest BCUT2D eigenvalue weighted by molar-refractivity contribution is 7.13. The number of benzene rings is 2. The third kappa shape index (κ3) is 29.3. The number of hydrogen-bond donors (Lipinski definition) is 5.